The monoisotopic (exact) mass is 256 g/mol. The van der Waals surface area contributed by atoms with Crippen molar-refractivity contribution in [2.45, 2.75) is 46.6 Å². The highest BCUT2D eigenvalue weighted by molar-refractivity contribution is 5.81. The smallest absolute Gasteiger partial charge is 0.407 e. The number of amides is 2. The Balaban J connectivity index is 2.51. The predicted octanol–water partition coefficient (Wildman–Crippen LogP) is 1.77. The Morgan fingerprint density at radius 2 is 2.06 bits per heavy atom. The molecule has 1 unspecified atom stereocenters. The van der Waals surface area contributed by atoms with Crippen LogP contribution in [0.25, 0.3) is 0 Å². The summed E-state index contributed by atoms with van der Waals surface area (Å²) in [6.07, 6.45) is 1.42. The van der Waals surface area contributed by atoms with Crippen molar-refractivity contribution in [1.82, 2.24) is 10.2 Å². The van der Waals surface area contributed by atoms with Crippen LogP contribution in [0.5, 0.6) is 0 Å². The summed E-state index contributed by atoms with van der Waals surface area (Å²) < 4.78 is 4.85. The molecule has 1 rings (SSSR count). The van der Waals surface area contributed by atoms with Crippen LogP contribution >= 0.6 is 0 Å². The fourth-order valence-electron chi connectivity index (χ4n) is 2.09. The fourth-order valence-corrected chi connectivity index (χ4v) is 2.09. The molecule has 5 heteroatoms. The molecule has 0 aromatic carbocycles. The Bertz CT molecular complexity index is 310. The molecular formula is C13H24N2O3. The van der Waals surface area contributed by atoms with Crippen LogP contribution in [0.15, 0.2) is 0 Å². The highest BCUT2D eigenvalue weighted by atomic mass is 16.5. The number of ether oxygens (including phenoxy) is 1. The van der Waals surface area contributed by atoms with Gasteiger partial charge in [-0.1, -0.05) is 20.8 Å². The van der Waals surface area contributed by atoms with Crippen molar-refractivity contribution in [3.63, 3.8) is 0 Å². The number of piperidine rings is 1. The molecule has 1 aliphatic heterocycles. The van der Waals surface area contributed by atoms with Crippen LogP contribution in [0.3, 0.4) is 0 Å². The first-order chi connectivity index (χ1) is 8.34. The summed E-state index contributed by atoms with van der Waals surface area (Å²) >= 11 is 0. The van der Waals surface area contributed by atoms with E-state index >= 15 is 0 Å². The molecule has 0 saturated carbocycles. The van der Waals surface area contributed by atoms with Crippen molar-refractivity contribution < 1.29 is 14.3 Å². The molecule has 0 aromatic heterocycles. The summed E-state index contributed by atoms with van der Waals surface area (Å²) in [6.45, 7) is 9.23. The van der Waals surface area contributed by atoms with Crippen LogP contribution in [0, 0.1) is 5.41 Å². The topological polar surface area (TPSA) is 58.6 Å². The van der Waals surface area contributed by atoms with Gasteiger partial charge in [-0.25, -0.2) is 4.79 Å². The molecule has 0 radical (unpaired) electrons. The van der Waals surface area contributed by atoms with E-state index in [0.717, 1.165) is 19.4 Å². The Morgan fingerprint density at radius 1 is 1.39 bits per heavy atom. The maximum Gasteiger partial charge on any atom is 0.407 e. The van der Waals surface area contributed by atoms with E-state index in [0.29, 0.717) is 13.2 Å². The van der Waals surface area contributed by atoms with Crippen molar-refractivity contribution >= 4 is 12.0 Å². The number of likely N-dealkylation sites (tertiary alicyclic amines) is 1. The van der Waals surface area contributed by atoms with Gasteiger partial charge >= 0.3 is 6.09 Å². The summed E-state index contributed by atoms with van der Waals surface area (Å²) in [5.74, 6) is 0.137. The molecule has 5 nitrogen and oxygen atoms in total. The number of nitrogens with zero attached hydrogens (tertiary/aromatic N) is 1. The van der Waals surface area contributed by atoms with E-state index in [1.54, 1.807) is 6.92 Å². The third-order valence-corrected chi connectivity index (χ3v) is 2.95. The molecule has 0 aromatic rings. The molecule has 104 valence electrons. The second-order valence-electron chi connectivity index (χ2n) is 5.71. The van der Waals surface area contributed by atoms with E-state index < -0.39 is 6.09 Å². The maximum absolute atomic E-state index is 12.2. The van der Waals surface area contributed by atoms with E-state index in [1.807, 2.05) is 25.7 Å². The SMILES string of the molecule is CCOC(=O)NC1CCCN(C(=O)C(C)(C)C)C1. The van der Waals surface area contributed by atoms with Gasteiger partial charge in [0.25, 0.3) is 0 Å². The lowest BCUT2D eigenvalue weighted by atomic mass is 9.93. The summed E-state index contributed by atoms with van der Waals surface area (Å²) in [5, 5.41) is 2.80. The quantitative estimate of drug-likeness (QED) is 0.819. The lowest BCUT2D eigenvalue weighted by Gasteiger charge is -2.36. The largest absolute Gasteiger partial charge is 0.450 e. The number of rotatable bonds is 2. The lowest BCUT2D eigenvalue weighted by molar-refractivity contribution is -0.140. The molecule has 1 N–H and O–H groups in total. The number of hydrogen-bond acceptors (Lipinski definition) is 3. The molecule has 1 fully saturated rings. The number of nitrogens with one attached hydrogen (secondary N) is 1. The molecule has 1 heterocycles. The zero-order valence-electron chi connectivity index (χ0n) is 11.8. The minimum absolute atomic E-state index is 0.00380. The van der Waals surface area contributed by atoms with E-state index in [2.05, 4.69) is 5.32 Å². The van der Waals surface area contributed by atoms with Gasteiger partial charge < -0.3 is 15.0 Å². The summed E-state index contributed by atoms with van der Waals surface area (Å²) in [7, 11) is 0. The van der Waals surface area contributed by atoms with Crippen LogP contribution < -0.4 is 5.32 Å². The van der Waals surface area contributed by atoms with Gasteiger partial charge in [0.2, 0.25) is 5.91 Å². The van der Waals surface area contributed by atoms with Crippen molar-refractivity contribution in [2.75, 3.05) is 19.7 Å². The number of alkyl carbamates (subject to hydrolysis) is 1. The van der Waals surface area contributed by atoms with E-state index in [-0.39, 0.29) is 17.4 Å². The lowest BCUT2D eigenvalue weighted by Crippen LogP contribution is -2.52. The Kier molecular flexibility index (Phi) is 4.99. The molecular weight excluding hydrogens is 232 g/mol. The second kappa shape index (κ2) is 6.07. The van der Waals surface area contributed by atoms with E-state index in [4.69, 9.17) is 4.74 Å². The minimum Gasteiger partial charge on any atom is -0.450 e. The van der Waals surface area contributed by atoms with Gasteiger partial charge in [-0.05, 0) is 19.8 Å². The third-order valence-electron chi connectivity index (χ3n) is 2.95. The first kappa shape index (κ1) is 14.8. The van der Waals surface area contributed by atoms with Gasteiger partial charge in [-0.2, -0.15) is 0 Å². The average Bonchev–Trinajstić information content (AvgIpc) is 2.27. The first-order valence-corrected chi connectivity index (χ1v) is 6.57. The van der Waals surface area contributed by atoms with Crippen LogP contribution in [0.2, 0.25) is 0 Å². The Morgan fingerprint density at radius 3 is 2.61 bits per heavy atom. The highest BCUT2D eigenvalue weighted by Crippen LogP contribution is 2.20. The summed E-state index contributed by atoms with van der Waals surface area (Å²) in [6, 6.07) is 0.00380. The molecule has 0 bridgehead atoms. The summed E-state index contributed by atoms with van der Waals surface area (Å²) in [5.41, 5.74) is -0.369. The van der Waals surface area contributed by atoms with E-state index in [9.17, 15) is 9.59 Å². The molecule has 0 spiro atoms. The van der Waals surface area contributed by atoms with Crippen LogP contribution in [0.4, 0.5) is 4.79 Å². The van der Waals surface area contributed by atoms with Gasteiger partial charge in [-0.3, -0.25) is 4.79 Å². The standard InChI is InChI=1S/C13H24N2O3/c1-5-18-12(17)14-10-7-6-8-15(9-10)11(16)13(2,3)4/h10H,5-9H2,1-4H3,(H,14,17). The molecule has 1 atom stereocenters. The second-order valence-corrected chi connectivity index (χ2v) is 5.71. The van der Waals surface area contributed by atoms with Gasteiger partial charge in [0.05, 0.1) is 6.61 Å². The molecule has 1 saturated heterocycles. The molecule has 0 aliphatic carbocycles. The summed E-state index contributed by atoms with van der Waals surface area (Å²) in [4.78, 5) is 25.3. The van der Waals surface area contributed by atoms with Crippen molar-refractivity contribution in [3.8, 4) is 0 Å². The normalized spacial score (nSPS) is 20.4. The molecule has 2 amide bonds. The van der Waals surface area contributed by atoms with Gasteiger partial charge in [0, 0.05) is 24.5 Å². The van der Waals surface area contributed by atoms with E-state index in [1.165, 1.54) is 0 Å². The zero-order valence-corrected chi connectivity index (χ0v) is 11.8. The van der Waals surface area contributed by atoms with Crippen LogP contribution in [0.1, 0.15) is 40.5 Å². The molecule has 18 heavy (non-hydrogen) atoms. The number of hydrogen-bond donors (Lipinski definition) is 1. The van der Waals surface area contributed by atoms with Gasteiger partial charge in [0.1, 0.15) is 0 Å². The van der Waals surface area contributed by atoms with Gasteiger partial charge in [0.15, 0.2) is 0 Å². The number of carbonyl (C=O) groups excluding carboxylic acids is 2. The Labute approximate surface area is 109 Å². The third kappa shape index (κ3) is 4.20. The minimum atomic E-state index is -0.396. The Hall–Kier alpha value is -1.26. The van der Waals surface area contributed by atoms with Crippen molar-refractivity contribution in [2.24, 2.45) is 5.41 Å². The highest BCUT2D eigenvalue weighted by Gasteiger charge is 2.31. The average molecular weight is 256 g/mol. The van der Waals surface area contributed by atoms with Crippen LogP contribution in [-0.4, -0.2) is 42.6 Å². The fraction of sp³-hybridized carbons (Fsp3) is 0.846. The predicted molar refractivity (Wildman–Crippen MR) is 69.2 cm³/mol. The van der Waals surface area contributed by atoms with Crippen LogP contribution in [-0.2, 0) is 9.53 Å². The first-order valence-electron chi connectivity index (χ1n) is 6.57. The zero-order chi connectivity index (χ0) is 13.8. The van der Waals surface area contributed by atoms with Crippen molar-refractivity contribution in [1.29, 1.82) is 0 Å². The van der Waals surface area contributed by atoms with Crippen molar-refractivity contribution in [3.05, 3.63) is 0 Å². The number of carbonyl (C=O) groups is 2. The maximum atomic E-state index is 12.2. The molecule has 1 aliphatic rings. The van der Waals surface area contributed by atoms with Gasteiger partial charge in [-0.15, -0.1) is 0 Å².